The largest absolute Gasteiger partial charge is 0.383 e. The molecule has 0 saturated carbocycles. The first-order chi connectivity index (χ1) is 10.6. The van der Waals surface area contributed by atoms with E-state index in [9.17, 15) is 0 Å². The van der Waals surface area contributed by atoms with E-state index in [0.29, 0.717) is 12.6 Å². The van der Waals surface area contributed by atoms with Gasteiger partial charge in [-0.1, -0.05) is 30.3 Å². The van der Waals surface area contributed by atoms with Crippen molar-refractivity contribution in [2.45, 2.75) is 32.5 Å². The lowest BCUT2D eigenvalue weighted by Gasteiger charge is -2.26. The van der Waals surface area contributed by atoms with Crippen LogP contribution in [0.3, 0.4) is 0 Å². The Morgan fingerprint density at radius 2 is 1.95 bits per heavy atom. The molecule has 1 aromatic carbocycles. The number of hydrogen-bond acceptors (Lipinski definition) is 3. The maximum atomic E-state index is 5.13. The van der Waals surface area contributed by atoms with E-state index in [1.54, 1.807) is 14.2 Å². The van der Waals surface area contributed by atoms with Gasteiger partial charge in [0.1, 0.15) is 0 Å². The number of ether oxygens (including phenoxy) is 1. The Morgan fingerprint density at radius 1 is 1.27 bits per heavy atom. The molecule has 0 saturated heterocycles. The van der Waals surface area contributed by atoms with Crippen LogP contribution >= 0.6 is 0 Å². The van der Waals surface area contributed by atoms with Crippen molar-refractivity contribution in [3.8, 4) is 0 Å². The number of nitrogens with zero attached hydrogens (tertiary/aromatic N) is 2. The summed E-state index contributed by atoms with van der Waals surface area (Å²) in [6.07, 6.45) is 0. The van der Waals surface area contributed by atoms with E-state index in [0.717, 1.165) is 19.0 Å². The summed E-state index contributed by atoms with van der Waals surface area (Å²) < 4.78 is 5.13. The Labute approximate surface area is 134 Å². The summed E-state index contributed by atoms with van der Waals surface area (Å²) in [5.74, 6) is 0.810. The van der Waals surface area contributed by atoms with Crippen molar-refractivity contribution in [2.24, 2.45) is 4.99 Å². The molecule has 0 aliphatic rings. The molecule has 0 aliphatic carbocycles. The highest BCUT2D eigenvalue weighted by Crippen LogP contribution is 2.05. The molecule has 2 N–H and O–H groups in total. The molecule has 0 amide bonds. The predicted octanol–water partition coefficient (Wildman–Crippen LogP) is 1.71. The van der Waals surface area contributed by atoms with Crippen LogP contribution in [0.25, 0.3) is 0 Å². The van der Waals surface area contributed by atoms with Gasteiger partial charge < -0.3 is 15.4 Å². The zero-order valence-corrected chi connectivity index (χ0v) is 14.5. The lowest BCUT2D eigenvalue weighted by atomic mass is 10.2. The van der Waals surface area contributed by atoms with Crippen molar-refractivity contribution < 1.29 is 4.74 Å². The predicted molar refractivity (Wildman–Crippen MR) is 93.2 cm³/mol. The molecule has 0 aromatic heterocycles. The summed E-state index contributed by atoms with van der Waals surface area (Å²) in [7, 11) is 5.63. The van der Waals surface area contributed by atoms with Crippen LogP contribution in [0.5, 0.6) is 0 Å². The normalized spacial score (nSPS) is 14.7. The first-order valence-electron chi connectivity index (χ1n) is 7.77. The lowest BCUT2D eigenvalue weighted by molar-refractivity contribution is 0.178. The van der Waals surface area contributed by atoms with Crippen LogP contribution in [-0.4, -0.2) is 57.3 Å². The Kier molecular flexibility index (Phi) is 8.55. The topological polar surface area (TPSA) is 48.9 Å². The van der Waals surface area contributed by atoms with Gasteiger partial charge in [0.25, 0.3) is 0 Å². The molecule has 1 aromatic rings. The van der Waals surface area contributed by atoms with Crippen molar-refractivity contribution in [1.29, 1.82) is 0 Å². The standard InChI is InChI=1S/C17H30N4O/c1-14(13-22-5)20-17(18-3)19-11-15(2)21(4)12-16-9-7-6-8-10-16/h6-10,14-15H,11-13H2,1-5H3,(H2,18,19,20). The Hall–Kier alpha value is -1.59. The van der Waals surface area contributed by atoms with E-state index >= 15 is 0 Å². The number of methoxy groups -OCH3 is 1. The van der Waals surface area contributed by atoms with Gasteiger partial charge in [-0.3, -0.25) is 9.89 Å². The summed E-state index contributed by atoms with van der Waals surface area (Å²) >= 11 is 0. The van der Waals surface area contributed by atoms with Crippen LogP contribution in [-0.2, 0) is 11.3 Å². The molecule has 5 nitrogen and oxygen atoms in total. The van der Waals surface area contributed by atoms with Gasteiger partial charge in [-0.15, -0.1) is 0 Å². The van der Waals surface area contributed by atoms with E-state index < -0.39 is 0 Å². The number of benzene rings is 1. The third-order valence-electron chi connectivity index (χ3n) is 3.62. The highest BCUT2D eigenvalue weighted by Gasteiger charge is 2.11. The third-order valence-corrected chi connectivity index (χ3v) is 3.62. The fraction of sp³-hybridized carbons (Fsp3) is 0.588. The maximum absolute atomic E-state index is 5.13. The van der Waals surface area contributed by atoms with E-state index in [-0.39, 0.29) is 6.04 Å². The van der Waals surface area contributed by atoms with E-state index in [1.165, 1.54) is 5.56 Å². The first kappa shape index (κ1) is 18.5. The minimum Gasteiger partial charge on any atom is -0.383 e. The number of rotatable bonds is 8. The fourth-order valence-corrected chi connectivity index (χ4v) is 2.15. The van der Waals surface area contributed by atoms with Gasteiger partial charge in [0.05, 0.1) is 6.61 Å². The van der Waals surface area contributed by atoms with Gasteiger partial charge in [-0.25, -0.2) is 0 Å². The average molecular weight is 306 g/mol. The smallest absolute Gasteiger partial charge is 0.191 e. The van der Waals surface area contributed by atoms with Gasteiger partial charge in [0.15, 0.2) is 5.96 Å². The number of guanidine groups is 1. The summed E-state index contributed by atoms with van der Waals surface area (Å²) in [6.45, 7) is 6.71. The Bertz CT molecular complexity index is 436. The molecular weight excluding hydrogens is 276 g/mol. The summed E-state index contributed by atoms with van der Waals surface area (Å²) in [5, 5.41) is 6.67. The minimum atomic E-state index is 0.230. The molecule has 5 heteroatoms. The molecule has 0 bridgehead atoms. The molecule has 0 fully saturated rings. The van der Waals surface area contributed by atoms with E-state index in [4.69, 9.17) is 4.74 Å². The number of likely N-dealkylation sites (N-methyl/N-ethyl adjacent to an activating group) is 1. The van der Waals surface area contributed by atoms with Crippen molar-refractivity contribution in [2.75, 3.05) is 34.4 Å². The molecular formula is C17H30N4O. The summed E-state index contributed by atoms with van der Waals surface area (Å²) in [5.41, 5.74) is 1.33. The van der Waals surface area contributed by atoms with E-state index in [2.05, 4.69) is 65.7 Å². The zero-order valence-electron chi connectivity index (χ0n) is 14.5. The van der Waals surface area contributed by atoms with Gasteiger partial charge in [-0.05, 0) is 26.5 Å². The molecule has 0 radical (unpaired) electrons. The van der Waals surface area contributed by atoms with Crippen LogP contribution in [0.15, 0.2) is 35.3 Å². The van der Waals surface area contributed by atoms with Crippen molar-refractivity contribution in [3.05, 3.63) is 35.9 Å². The van der Waals surface area contributed by atoms with E-state index in [1.807, 2.05) is 6.07 Å². The minimum absolute atomic E-state index is 0.230. The molecule has 2 unspecified atom stereocenters. The van der Waals surface area contributed by atoms with Crippen LogP contribution in [0, 0.1) is 0 Å². The van der Waals surface area contributed by atoms with Gasteiger partial charge in [0.2, 0.25) is 0 Å². The van der Waals surface area contributed by atoms with Crippen LogP contribution in [0.2, 0.25) is 0 Å². The van der Waals surface area contributed by atoms with Crippen molar-refractivity contribution in [1.82, 2.24) is 15.5 Å². The molecule has 0 heterocycles. The lowest BCUT2D eigenvalue weighted by Crippen LogP contribution is -2.48. The second-order valence-electron chi connectivity index (χ2n) is 5.70. The van der Waals surface area contributed by atoms with Crippen LogP contribution in [0.1, 0.15) is 19.4 Å². The second-order valence-corrected chi connectivity index (χ2v) is 5.70. The van der Waals surface area contributed by atoms with Gasteiger partial charge in [0, 0.05) is 39.3 Å². The molecule has 2 atom stereocenters. The van der Waals surface area contributed by atoms with Crippen LogP contribution in [0.4, 0.5) is 0 Å². The van der Waals surface area contributed by atoms with Gasteiger partial charge in [-0.2, -0.15) is 0 Å². The third kappa shape index (κ3) is 6.91. The van der Waals surface area contributed by atoms with Crippen molar-refractivity contribution >= 4 is 5.96 Å². The Morgan fingerprint density at radius 3 is 2.55 bits per heavy atom. The zero-order chi connectivity index (χ0) is 16.4. The fourth-order valence-electron chi connectivity index (χ4n) is 2.15. The summed E-state index contributed by atoms with van der Waals surface area (Å²) in [6, 6.07) is 11.1. The highest BCUT2D eigenvalue weighted by atomic mass is 16.5. The van der Waals surface area contributed by atoms with Gasteiger partial charge >= 0.3 is 0 Å². The van der Waals surface area contributed by atoms with Crippen LogP contribution < -0.4 is 10.6 Å². The Balaban J connectivity index is 2.38. The SMILES string of the molecule is CN=C(NCC(C)N(C)Cc1ccccc1)NC(C)COC. The number of nitrogens with one attached hydrogen (secondary N) is 2. The van der Waals surface area contributed by atoms with Crippen molar-refractivity contribution in [3.63, 3.8) is 0 Å². The first-order valence-corrected chi connectivity index (χ1v) is 7.77. The molecule has 0 aliphatic heterocycles. The average Bonchev–Trinajstić information content (AvgIpc) is 2.52. The summed E-state index contributed by atoms with van der Waals surface area (Å²) in [4.78, 5) is 6.57. The molecule has 1 rings (SSSR count). The maximum Gasteiger partial charge on any atom is 0.191 e. The molecule has 0 spiro atoms. The molecule has 124 valence electrons. The molecule has 22 heavy (non-hydrogen) atoms. The monoisotopic (exact) mass is 306 g/mol. The highest BCUT2D eigenvalue weighted by molar-refractivity contribution is 5.79. The number of hydrogen-bond donors (Lipinski definition) is 2. The second kappa shape index (κ2) is 10.2. The number of aliphatic imine (C=N–C) groups is 1. The quantitative estimate of drug-likeness (QED) is 0.567.